The topological polar surface area (TPSA) is 0 Å². The molecule has 0 fully saturated rings. The molecular weight excluding hydrogens is 491 g/mol. The molecule has 0 aliphatic rings. The Bertz CT molecular complexity index is 15.2. The molecule has 0 amide bonds. The molecule has 0 aromatic carbocycles. The van der Waals surface area contributed by atoms with Gasteiger partial charge in [-0.1, -0.05) is 0 Å². The van der Waals surface area contributed by atoms with Gasteiger partial charge in [-0.05, 0) is 0 Å². The van der Waals surface area contributed by atoms with Gasteiger partial charge in [-0.15, -0.1) is 0 Å². The fourth-order valence-electron chi connectivity index (χ4n) is 0. The zero-order valence-corrected chi connectivity index (χ0v) is 13.5. The summed E-state index contributed by atoms with van der Waals surface area (Å²) in [4.78, 5) is 0. The Morgan fingerprint density at radius 3 is 0.300 bits per heavy atom. The molecule has 0 unspecified atom stereocenters. The van der Waals surface area contributed by atoms with Gasteiger partial charge in [0.1, 0.15) is 0 Å². The van der Waals surface area contributed by atoms with E-state index in [2.05, 4.69) is 0 Å². The molecule has 0 saturated carbocycles. The van der Waals surface area contributed by atoms with Crippen molar-refractivity contribution in [1.29, 1.82) is 0 Å². The van der Waals surface area contributed by atoms with Crippen LogP contribution >= 0.6 is 0 Å². The fraction of sp³-hybridized carbons (Fsp3) is 0. The molecule has 0 aromatic rings. The minimum Gasteiger partial charge on any atom is -1.00 e. The molecule has 0 heterocycles. The van der Waals surface area contributed by atoms with Gasteiger partial charge in [0.15, 0.2) is 0 Å². The maximum Gasteiger partial charge on any atom is 4.00 e. The molecule has 0 aliphatic heterocycles. The van der Waals surface area contributed by atoms with Crippen molar-refractivity contribution in [3.05, 3.63) is 0 Å². The van der Waals surface area contributed by atoms with Gasteiger partial charge >= 0.3 is 43.4 Å². The Morgan fingerprint density at radius 2 is 0.300 bits per heavy atom. The number of hydrogen-bond donors (Lipinski definition) is 0. The predicted molar refractivity (Wildman–Crippen MR) is 0 cm³/mol. The van der Waals surface area contributed by atoms with E-state index >= 15 is 0 Å². The van der Waals surface area contributed by atoms with Crippen molar-refractivity contribution in [2.45, 2.75) is 0 Å². The summed E-state index contributed by atoms with van der Waals surface area (Å²) in [6.07, 6.45) is 0. The SMILES string of the molecule is [Br-].[Br-].[Br-].[Br-].[F-].[F-].[F-].[F-].[Ti+4].[Ti+4]. The summed E-state index contributed by atoms with van der Waals surface area (Å²) < 4.78 is 0. The minimum atomic E-state index is 0. The first-order chi connectivity index (χ1) is 0. The van der Waals surface area contributed by atoms with Crippen LogP contribution in [0.3, 0.4) is 0 Å². The van der Waals surface area contributed by atoms with E-state index in [-0.39, 0.29) is 130 Å². The van der Waals surface area contributed by atoms with E-state index in [1.165, 1.54) is 0 Å². The Labute approximate surface area is 128 Å². The molecular formula is Br4F4Ti2. The van der Waals surface area contributed by atoms with Crippen LogP contribution in [0.15, 0.2) is 0 Å². The molecule has 0 bridgehead atoms. The van der Waals surface area contributed by atoms with Gasteiger partial charge < -0.3 is 86.7 Å². The monoisotopic (exact) mass is 488 g/mol. The van der Waals surface area contributed by atoms with Gasteiger partial charge in [-0.3, -0.25) is 0 Å². The maximum absolute atomic E-state index is 0. The van der Waals surface area contributed by atoms with Crippen LogP contribution in [0, 0.1) is 0 Å². The summed E-state index contributed by atoms with van der Waals surface area (Å²) in [5, 5.41) is 0. The minimum absolute atomic E-state index is 0. The third kappa shape index (κ3) is 119. The average Bonchev–Trinajstić information content (AvgIpc) is 0. The molecule has 0 N–H and O–H groups in total. The smallest absolute Gasteiger partial charge is 1.00 e. The van der Waals surface area contributed by atoms with Crippen LogP contribution in [-0.2, 0) is 43.4 Å². The Morgan fingerprint density at radius 1 is 0.300 bits per heavy atom. The van der Waals surface area contributed by atoms with Gasteiger partial charge in [0.2, 0.25) is 0 Å². The van der Waals surface area contributed by atoms with Crippen LogP contribution in [0.1, 0.15) is 0 Å². The first-order valence-electron chi connectivity index (χ1n) is 0. The molecule has 0 atom stereocenters. The third-order valence-corrected chi connectivity index (χ3v) is 0. The van der Waals surface area contributed by atoms with E-state index in [4.69, 9.17) is 0 Å². The standard InChI is InChI=1S/4BrH.4FH.2Ti/h8*1H;;/q;;;;;;;;2*+4/p-8. The van der Waals surface area contributed by atoms with E-state index in [1.54, 1.807) is 0 Å². The second-order valence-electron chi connectivity index (χ2n) is 0. The van der Waals surface area contributed by atoms with Crippen molar-refractivity contribution in [2.75, 3.05) is 0 Å². The van der Waals surface area contributed by atoms with Crippen LogP contribution in [0.25, 0.3) is 0 Å². The van der Waals surface area contributed by atoms with E-state index < -0.39 is 0 Å². The number of hydrogen-bond acceptors (Lipinski definition) is 0. The molecule has 0 nitrogen and oxygen atoms in total. The van der Waals surface area contributed by atoms with Gasteiger partial charge in [-0.2, -0.15) is 0 Å². The average molecular weight is 491 g/mol. The van der Waals surface area contributed by atoms with Crippen molar-refractivity contribution in [3.63, 3.8) is 0 Å². The molecule has 10 heteroatoms. The molecule has 0 saturated heterocycles. The zero-order valence-electron chi connectivity index (χ0n) is 4.02. The summed E-state index contributed by atoms with van der Waals surface area (Å²) in [6, 6.07) is 0. The second kappa shape index (κ2) is 157. The molecule has 10 heavy (non-hydrogen) atoms. The van der Waals surface area contributed by atoms with Crippen LogP contribution < -0.4 is 86.7 Å². The Hall–Kier alpha value is 3.07. The molecule has 0 aromatic heterocycles. The summed E-state index contributed by atoms with van der Waals surface area (Å²) in [6.45, 7) is 0. The quantitative estimate of drug-likeness (QED) is 0.234. The van der Waals surface area contributed by atoms with Crippen LogP contribution in [0.4, 0.5) is 0 Å². The van der Waals surface area contributed by atoms with Crippen LogP contribution in [-0.4, -0.2) is 0 Å². The zero-order chi connectivity index (χ0) is 0. The van der Waals surface area contributed by atoms with E-state index in [0.717, 1.165) is 0 Å². The van der Waals surface area contributed by atoms with Gasteiger partial charge in [0.05, 0.1) is 0 Å². The molecule has 0 aliphatic carbocycles. The molecule has 64 valence electrons. The Balaban J connectivity index is 0. The maximum atomic E-state index is 0. The molecule has 0 rings (SSSR count). The van der Waals surface area contributed by atoms with E-state index in [1.807, 2.05) is 0 Å². The summed E-state index contributed by atoms with van der Waals surface area (Å²) in [5.41, 5.74) is 0. The van der Waals surface area contributed by atoms with Crippen molar-refractivity contribution in [3.8, 4) is 0 Å². The third-order valence-electron chi connectivity index (χ3n) is 0. The van der Waals surface area contributed by atoms with Crippen LogP contribution in [0.2, 0.25) is 0 Å². The fourth-order valence-corrected chi connectivity index (χ4v) is 0. The summed E-state index contributed by atoms with van der Waals surface area (Å²) >= 11 is 0. The first-order valence-corrected chi connectivity index (χ1v) is 0. The summed E-state index contributed by atoms with van der Waals surface area (Å²) in [7, 11) is 0. The van der Waals surface area contributed by atoms with Crippen molar-refractivity contribution in [2.24, 2.45) is 0 Å². The first kappa shape index (κ1) is 202. The number of halogens is 8. The van der Waals surface area contributed by atoms with Gasteiger partial charge in [0.25, 0.3) is 0 Å². The van der Waals surface area contributed by atoms with Gasteiger partial charge in [-0.25, -0.2) is 0 Å². The molecule has 0 radical (unpaired) electrons. The predicted octanol–water partition coefficient (Wildman–Crippen LogP) is -24.0. The Kier molecular flexibility index (Phi) is 3170. The van der Waals surface area contributed by atoms with E-state index in [9.17, 15) is 0 Å². The largest absolute Gasteiger partial charge is 4.00 e. The number of rotatable bonds is 0. The van der Waals surface area contributed by atoms with Gasteiger partial charge in [0, 0.05) is 0 Å². The van der Waals surface area contributed by atoms with Crippen LogP contribution in [0.5, 0.6) is 0 Å². The van der Waals surface area contributed by atoms with Crippen molar-refractivity contribution >= 4 is 0 Å². The normalized spacial score (nSPS) is 0. The molecule has 0 spiro atoms. The van der Waals surface area contributed by atoms with Crippen molar-refractivity contribution in [1.82, 2.24) is 0 Å². The van der Waals surface area contributed by atoms with E-state index in [0.29, 0.717) is 0 Å². The summed E-state index contributed by atoms with van der Waals surface area (Å²) in [5.74, 6) is 0. The second-order valence-corrected chi connectivity index (χ2v) is 0. The van der Waals surface area contributed by atoms with Crippen molar-refractivity contribution < 1.29 is 130 Å².